The van der Waals surface area contributed by atoms with Gasteiger partial charge in [-0.3, -0.25) is 0 Å². The van der Waals surface area contributed by atoms with E-state index < -0.39 is 17.9 Å². The molecule has 0 radical (unpaired) electrons. The molecule has 0 bridgehead atoms. The Hall–Kier alpha value is -2.93. The topological polar surface area (TPSA) is 34.1 Å². The van der Waals surface area contributed by atoms with Crippen LogP contribution in [0, 0.1) is 11.6 Å². The van der Waals surface area contributed by atoms with Gasteiger partial charge in [0.15, 0.2) is 23.1 Å². The quantitative estimate of drug-likeness (QED) is 0.602. The van der Waals surface area contributed by atoms with Crippen molar-refractivity contribution in [3.05, 3.63) is 81.5 Å². The molecule has 1 aromatic heterocycles. The van der Waals surface area contributed by atoms with Crippen molar-refractivity contribution in [2.75, 3.05) is 7.11 Å². The molecule has 0 fully saturated rings. The molecule has 3 aromatic rings. The van der Waals surface area contributed by atoms with Crippen molar-refractivity contribution < 1.29 is 18.3 Å². The van der Waals surface area contributed by atoms with Crippen LogP contribution >= 0.6 is 11.3 Å². The molecule has 2 aliphatic heterocycles. The van der Waals surface area contributed by atoms with Gasteiger partial charge >= 0.3 is 0 Å². The van der Waals surface area contributed by atoms with E-state index in [1.165, 1.54) is 6.07 Å². The molecule has 7 heteroatoms. The SMILES string of the molecule is COc1cccc2c1O[C@H](c1ccc(F)c(F)c1)N1N=C(c3cccs3)C[C@H]21. The van der Waals surface area contributed by atoms with Crippen LogP contribution in [0.5, 0.6) is 11.5 Å². The number of hydrogen-bond donors (Lipinski definition) is 0. The first-order valence-corrected chi connectivity index (χ1v) is 9.72. The Kier molecular flexibility index (Phi) is 4.05. The predicted molar refractivity (Wildman–Crippen MR) is 103 cm³/mol. The number of ether oxygens (including phenoxy) is 2. The van der Waals surface area contributed by atoms with Gasteiger partial charge in [0.2, 0.25) is 6.23 Å². The summed E-state index contributed by atoms with van der Waals surface area (Å²) in [5.41, 5.74) is 2.41. The second-order valence-corrected chi connectivity index (χ2v) is 7.59. The molecule has 0 amide bonds. The molecule has 2 aromatic carbocycles. The fraction of sp³-hybridized carbons (Fsp3) is 0.190. The minimum Gasteiger partial charge on any atom is -0.493 e. The molecule has 3 heterocycles. The highest BCUT2D eigenvalue weighted by molar-refractivity contribution is 7.12. The van der Waals surface area contributed by atoms with Crippen LogP contribution in [0.1, 0.15) is 34.7 Å². The maximum atomic E-state index is 13.9. The summed E-state index contributed by atoms with van der Waals surface area (Å²) in [6.45, 7) is 0. The Labute approximate surface area is 164 Å². The van der Waals surface area contributed by atoms with Crippen LogP contribution in [-0.4, -0.2) is 17.8 Å². The van der Waals surface area contributed by atoms with Gasteiger partial charge in [0.25, 0.3) is 0 Å². The summed E-state index contributed by atoms with van der Waals surface area (Å²) in [6.07, 6.45) is 0.0193. The summed E-state index contributed by atoms with van der Waals surface area (Å²) in [5, 5.41) is 8.64. The summed E-state index contributed by atoms with van der Waals surface area (Å²) in [5.74, 6) is -0.582. The van der Waals surface area contributed by atoms with Crippen LogP contribution in [-0.2, 0) is 0 Å². The third-order valence-corrected chi connectivity index (χ3v) is 5.95. The van der Waals surface area contributed by atoms with Crippen molar-refractivity contribution in [2.24, 2.45) is 5.10 Å². The van der Waals surface area contributed by atoms with E-state index in [-0.39, 0.29) is 6.04 Å². The van der Waals surface area contributed by atoms with Gasteiger partial charge in [-0.05, 0) is 29.6 Å². The van der Waals surface area contributed by atoms with Crippen LogP contribution in [0.15, 0.2) is 59.0 Å². The summed E-state index contributed by atoms with van der Waals surface area (Å²) in [4.78, 5) is 1.09. The molecule has 2 aliphatic rings. The molecular weight excluding hydrogens is 382 g/mol. The molecule has 0 N–H and O–H groups in total. The van der Waals surface area contributed by atoms with Crippen molar-refractivity contribution in [3.8, 4) is 11.5 Å². The molecule has 0 aliphatic carbocycles. The van der Waals surface area contributed by atoms with Crippen molar-refractivity contribution in [2.45, 2.75) is 18.7 Å². The van der Waals surface area contributed by atoms with Crippen LogP contribution < -0.4 is 9.47 Å². The Morgan fingerprint density at radius 2 is 2.04 bits per heavy atom. The number of rotatable bonds is 3. The predicted octanol–water partition coefficient (Wildman–Crippen LogP) is 5.28. The third kappa shape index (κ3) is 2.65. The highest BCUT2D eigenvalue weighted by atomic mass is 32.1. The van der Waals surface area contributed by atoms with E-state index >= 15 is 0 Å². The highest BCUT2D eigenvalue weighted by Gasteiger charge is 2.42. The Balaban J connectivity index is 1.64. The van der Waals surface area contributed by atoms with E-state index in [2.05, 4.69) is 0 Å². The zero-order valence-corrected chi connectivity index (χ0v) is 15.7. The van der Waals surface area contributed by atoms with Gasteiger partial charge in [0.05, 0.1) is 23.7 Å². The number of para-hydroxylation sites is 1. The lowest BCUT2D eigenvalue weighted by Gasteiger charge is -2.38. The van der Waals surface area contributed by atoms with Crippen LogP contribution in [0.2, 0.25) is 0 Å². The third-order valence-electron chi connectivity index (χ3n) is 5.03. The standard InChI is InChI=1S/C21H16F2N2O2S/c1-26-18-5-2-4-13-17-11-16(19-6-3-9-28-19)24-25(17)21(27-20(13)18)12-7-8-14(22)15(23)10-12/h2-10,17,21H,11H2,1H3/t17-,21-/m1/s1. The fourth-order valence-corrected chi connectivity index (χ4v) is 4.44. The molecule has 0 saturated carbocycles. The van der Waals surface area contributed by atoms with Gasteiger partial charge in [-0.2, -0.15) is 5.10 Å². The number of methoxy groups -OCH3 is 1. The Morgan fingerprint density at radius 3 is 2.79 bits per heavy atom. The summed E-state index contributed by atoms with van der Waals surface area (Å²) >= 11 is 1.62. The van der Waals surface area contributed by atoms with E-state index in [1.807, 2.05) is 40.7 Å². The monoisotopic (exact) mass is 398 g/mol. The first-order chi connectivity index (χ1) is 13.7. The van der Waals surface area contributed by atoms with E-state index in [0.29, 0.717) is 23.5 Å². The van der Waals surface area contributed by atoms with E-state index in [0.717, 1.165) is 28.3 Å². The Morgan fingerprint density at radius 1 is 1.14 bits per heavy atom. The first kappa shape index (κ1) is 17.2. The van der Waals surface area contributed by atoms with E-state index in [9.17, 15) is 8.78 Å². The van der Waals surface area contributed by atoms with Gasteiger partial charge in [-0.1, -0.05) is 24.3 Å². The lowest BCUT2D eigenvalue weighted by molar-refractivity contribution is -0.0211. The van der Waals surface area contributed by atoms with Gasteiger partial charge in [-0.25, -0.2) is 13.8 Å². The summed E-state index contributed by atoms with van der Waals surface area (Å²) in [6, 6.07) is 13.5. The number of benzene rings is 2. The minimum atomic E-state index is -0.912. The largest absolute Gasteiger partial charge is 0.493 e. The lowest BCUT2D eigenvalue weighted by Crippen LogP contribution is -2.34. The average Bonchev–Trinajstić information content (AvgIpc) is 3.38. The van der Waals surface area contributed by atoms with E-state index in [4.69, 9.17) is 14.6 Å². The summed E-state index contributed by atoms with van der Waals surface area (Å²) in [7, 11) is 1.58. The van der Waals surface area contributed by atoms with Gasteiger partial charge in [0.1, 0.15) is 0 Å². The van der Waals surface area contributed by atoms with Crippen LogP contribution in [0.25, 0.3) is 0 Å². The maximum Gasteiger partial charge on any atom is 0.214 e. The smallest absolute Gasteiger partial charge is 0.214 e. The first-order valence-electron chi connectivity index (χ1n) is 8.84. The molecule has 28 heavy (non-hydrogen) atoms. The lowest BCUT2D eigenvalue weighted by atomic mass is 9.97. The molecule has 2 atom stereocenters. The molecule has 5 rings (SSSR count). The zero-order chi connectivity index (χ0) is 19.3. The van der Waals surface area contributed by atoms with Crippen molar-refractivity contribution in [1.82, 2.24) is 5.01 Å². The van der Waals surface area contributed by atoms with Crippen LogP contribution in [0.3, 0.4) is 0 Å². The number of hydrogen-bond acceptors (Lipinski definition) is 5. The normalized spacial score (nSPS) is 20.2. The molecule has 142 valence electrons. The van der Waals surface area contributed by atoms with Gasteiger partial charge in [0, 0.05) is 17.5 Å². The molecule has 0 unspecified atom stereocenters. The van der Waals surface area contributed by atoms with Crippen molar-refractivity contribution >= 4 is 17.0 Å². The van der Waals surface area contributed by atoms with Crippen molar-refractivity contribution in [3.63, 3.8) is 0 Å². The molecule has 0 spiro atoms. The number of nitrogens with zero attached hydrogens (tertiary/aromatic N) is 2. The minimum absolute atomic E-state index is 0.0749. The maximum absolute atomic E-state index is 13.9. The highest BCUT2D eigenvalue weighted by Crippen LogP contribution is 2.50. The number of hydrazone groups is 1. The van der Waals surface area contributed by atoms with Crippen LogP contribution in [0.4, 0.5) is 8.78 Å². The molecule has 0 saturated heterocycles. The number of halogens is 2. The number of thiophene rings is 1. The number of fused-ring (bicyclic) bond motifs is 3. The second-order valence-electron chi connectivity index (χ2n) is 6.65. The molecule has 4 nitrogen and oxygen atoms in total. The summed E-state index contributed by atoms with van der Waals surface area (Å²) < 4.78 is 39.1. The second kappa shape index (κ2) is 6.60. The fourth-order valence-electron chi connectivity index (χ4n) is 3.72. The zero-order valence-electron chi connectivity index (χ0n) is 14.9. The van der Waals surface area contributed by atoms with E-state index in [1.54, 1.807) is 18.4 Å². The van der Waals surface area contributed by atoms with Gasteiger partial charge in [-0.15, -0.1) is 11.3 Å². The van der Waals surface area contributed by atoms with Crippen molar-refractivity contribution in [1.29, 1.82) is 0 Å². The molecular formula is C21H16F2N2O2S. The van der Waals surface area contributed by atoms with Gasteiger partial charge < -0.3 is 9.47 Å². The average molecular weight is 398 g/mol. The Bertz CT molecular complexity index is 1070.